The zero-order chi connectivity index (χ0) is 12.6. The van der Waals surface area contributed by atoms with Crippen molar-refractivity contribution in [1.82, 2.24) is 0 Å². The highest BCUT2D eigenvalue weighted by Gasteiger charge is 2.37. The van der Waals surface area contributed by atoms with Crippen LogP contribution in [0.15, 0.2) is 22.7 Å². The van der Waals surface area contributed by atoms with Gasteiger partial charge in [-0.15, -0.1) is 0 Å². The Balaban J connectivity index is 1.72. The quantitative estimate of drug-likeness (QED) is 0.788. The normalized spacial score (nSPS) is 22.6. The number of benzene rings is 1. The Morgan fingerprint density at radius 1 is 1.06 bits per heavy atom. The lowest BCUT2D eigenvalue weighted by molar-refractivity contribution is 0.226. The van der Waals surface area contributed by atoms with E-state index in [0.29, 0.717) is 5.41 Å². The van der Waals surface area contributed by atoms with E-state index in [1.165, 1.54) is 57.3 Å². The van der Waals surface area contributed by atoms with E-state index in [1.807, 2.05) is 12.1 Å². The molecule has 0 atom stereocenters. The van der Waals surface area contributed by atoms with Gasteiger partial charge in [-0.3, -0.25) is 0 Å². The number of piperidine rings is 1. The second-order valence-corrected chi connectivity index (χ2v) is 6.76. The minimum absolute atomic E-state index is 0.691. The Morgan fingerprint density at radius 3 is 2.33 bits per heavy atom. The number of nitrogens with two attached hydrogens (primary N) is 1. The molecule has 0 bridgehead atoms. The van der Waals surface area contributed by atoms with Gasteiger partial charge in [-0.25, -0.2) is 0 Å². The smallest absolute Gasteiger partial charge is 0.0512 e. The van der Waals surface area contributed by atoms with E-state index < -0.39 is 0 Å². The summed E-state index contributed by atoms with van der Waals surface area (Å²) in [5.41, 5.74) is 8.63. The van der Waals surface area contributed by atoms with Crippen molar-refractivity contribution in [2.24, 2.45) is 5.41 Å². The van der Waals surface area contributed by atoms with Gasteiger partial charge in [-0.2, -0.15) is 0 Å². The van der Waals surface area contributed by atoms with E-state index in [1.54, 1.807) is 0 Å². The van der Waals surface area contributed by atoms with Gasteiger partial charge in [-0.05, 0) is 65.2 Å². The van der Waals surface area contributed by atoms with Crippen LogP contribution in [0, 0.1) is 5.41 Å². The number of rotatable bonds is 1. The summed E-state index contributed by atoms with van der Waals surface area (Å²) in [5, 5.41) is 0. The highest BCUT2D eigenvalue weighted by atomic mass is 79.9. The molecule has 0 unspecified atom stereocenters. The summed E-state index contributed by atoms with van der Waals surface area (Å²) in [4.78, 5) is 2.51. The van der Waals surface area contributed by atoms with E-state index in [4.69, 9.17) is 5.73 Å². The minimum Gasteiger partial charge on any atom is -0.399 e. The molecule has 0 radical (unpaired) electrons. The lowest BCUT2D eigenvalue weighted by Gasteiger charge is -2.40. The number of nitrogens with zero attached hydrogens (tertiary/aromatic N) is 1. The molecule has 1 aromatic carbocycles. The first-order chi connectivity index (χ1) is 8.69. The van der Waals surface area contributed by atoms with Crippen molar-refractivity contribution in [3.05, 3.63) is 22.7 Å². The monoisotopic (exact) mass is 308 g/mol. The molecule has 1 aliphatic heterocycles. The maximum absolute atomic E-state index is 5.80. The zero-order valence-corrected chi connectivity index (χ0v) is 12.4. The summed E-state index contributed by atoms with van der Waals surface area (Å²) in [6.07, 6.45) is 8.55. The van der Waals surface area contributed by atoms with Crippen LogP contribution in [0.3, 0.4) is 0 Å². The Morgan fingerprint density at radius 2 is 1.72 bits per heavy atom. The molecule has 1 aliphatic carbocycles. The molecular formula is C15H21BrN2. The maximum Gasteiger partial charge on any atom is 0.0512 e. The van der Waals surface area contributed by atoms with Gasteiger partial charge in [0.2, 0.25) is 0 Å². The van der Waals surface area contributed by atoms with Crippen molar-refractivity contribution < 1.29 is 0 Å². The predicted molar refractivity (Wildman–Crippen MR) is 80.9 cm³/mol. The Bertz CT molecular complexity index is 428. The zero-order valence-electron chi connectivity index (χ0n) is 10.8. The fourth-order valence-electron chi connectivity index (χ4n) is 3.63. The molecule has 1 saturated heterocycles. The summed E-state index contributed by atoms with van der Waals surface area (Å²) >= 11 is 3.64. The lowest BCUT2D eigenvalue weighted by atomic mass is 9.77. The topological polar surface area (TPSA) is 29.3 Å². The summed E-state index contributed by atoms with van der Waals surface area (Å²) in [7, 11) is 0. The molecule has 0 amide bonds. The molecule has 98 valence electrons. The number of nitrogen functional groups attached to an aromatic ring is 1. The first-order valence-corrected chi connectivity index (χ1v) is 7.78. The van der Waals surface area contributed by atoms with Crippen LogP contribution in [0.2, 0.25) is 0 Å². The molecule has 1 spiro atoms. The van der Waals surface area contributed by atoms with Crippen LogP contribution in [-0.4, -0.2) is 13.1 Å². The molecule has 1 saturated carbocycles. The summed E-state index contributed by atoms with van der Waals surface area (Å²) < 4.78 is 1.13. The molecule has 3 rings (SSSR count). The number of hydrogen-bond donors (Lipinski definition) is 1. The first kappa shape index (κ1) is 12.3. The number of halogens is 1. The van der Waals surface area contributed by atoms with Gasteiger partial charge < -0.3 is 10.6 Å². The highest BCUT2D eigenvalue weighted by Crippen LogP contribution is 2.47. The Labute approximate surface area is 118 Å². The van der Waals surface area contributed by atoms with Crippen LogP contribution in [-0.2, 0) is 0 Å². The van der Waals surface area contributed by atoms with Crippen molar-refractivity contribution in [3.63, 3.8) is 0 Å². The van der Waals surface area contributed by atoms with Gasteiger partial charge in [0.05, 0.1) is 5.69 Å². The van der Waals surface area contributed by atoms with Gasteiger partial charge in [0.25, 0.3) is 0 Å². The van der Waals surface area contributed by atoms with E-state index >= 15 is 0 Å². The molecule has 2 fully saturated rings. The van der Waals surface area contributed by atoms with Crippen molar-refractivity contribution in [2.75, 3.05) is 23.7 Å². The highest BCUT2D eigenvalue weighted by molar-refractivity contribution is 9.10. The molecule has 2 aliphatic rings. The third-order valence-electron chi connectivity index (χ3n) is 4.80. The maximum atomic E-state index is 5.80. The molecule has 3 heteroatoms. The predicted octanol–water partition coefficient (Wildman–Crippen LogP) is 4.19. The SMILES string of the molecule is Nc1ccc(N2CCC3(CCCC3)CC2)c(Br)c1. The van der Waals surface area contributed by atoms with E-state index in [-0.39, 0.29) is 0 Å². The Hall–Kier alpha value is -0.700. The van der Waals surface area contributed by atoms with Crippen molar-refractivity contribution in [2.45, 2.75) is 38.5 Å². The van der Waals surface area contributed by atoms with Gasteiger partial charge >= 0.3 is 0 Å². The molecule has 1 aromatic rings. The van der Waals surface area contributed by atoms with Crippen LogP contribution < -0.4 is 10.6 Å². The number of anilines is 2. The average Bonchev–Trinajstić information content (AvgIpc) is 2.80. The second-order valence-electron chi connectivity index (χ2n) is 5.91. The average molecular weight is 309 g/mol. The van der Waals surface area contributed by atoms with Crippen LogP contribution in [0.25, 0.3) is 0 Å². The van der Waals surface area contributed by atoms with E-state index in [9.17, 15) is 0 Å². The summed E-state index contributed by atoms with van der Waals surface area (Å²) in [6, 6.07) is 6.15. The van der Waals surface area contributed by atoms with Crippen molar-refractivity contribution in [3.8, 4) is 0 Å². The third-order valence-corrected chi connectivity index (χ3v) is 5.44. The molecule has 2 nitrogen and oxygen atoms in total. The Kier molecular flexibility index (Phi) is 3.27. The van der Waals surface area contributed by atoms with Crippen LogP contribution >= 0.6 is 15.9 Å². The van der Waals surface area contributed by atoms with Gasteiger partial charge in [-0.1, -0.05) is 12.8 Å². The van der Waals surface area contributed by atoms with Crippen molar-refractivity contribution >= 4 is 27.3 Å². The summed E-state index contributed by atoms with van der Waals surface area (Å²) in [6.45, 7) is 2.39. The molecule has 1 heterocycles. The molecule has 2 N–H and O–H groups in total. The van der Waals surface area contributed by atoms with Gasteiger partial charge in [0.15, 0.2) is 0 Å². The number of hydrogen-bond acceptors (Lipinski definition) is 2. The van der Waals surface area contributed by atoms with E-state index in [0.717, 1.165) is 10.2 Å². The van der Waals surface area contributed by atoms with E-state index in [2.05, 4.69) is 26.9 Å². The fraction of sp³-hybridized carbons (Fsp3) is 0.600. The lowest BCUT2D eigenvalue weighted by Crippen LogP contribution is -2.39. The van der Waals surface area contributed by atoms with Crippen LogP contribution in [0.5, 0.6) is 0 Å². The standard InChI is InChI=1S/C15H21BrN2/c16-13-11-12(17)3-4-14(13)18-9-7-15(8-10-18)5-1-2-6-15/h3-4,11H,1-2,5-10,17H2. The van der Waals surface area contributed by atoms with Crippen LogP contribution in [0.4, 0.5) is 11.4 Å². The molecule has 18 heavy (non-hydrogen) atoms. The molecule has 0 aromatic heterocycles. The second kappa shape index (κ2) is 4.76. The van der Waals surface area contributed by atoms with Crippen LogP contribution in [0.1, 0.15) is 38.5 Å². The fourth-order valence-corrected chi connectivity index (χ4v) is 4.27. The summed E-state index contributed by atoms with van der Waals surface area (Å²) in [5.74, 6) is 0. The first-order valence-electron chi connectivity index (χ1n) is 6.99. The molecular weight excluding hydrogens is 288 g/mol. The third kappa shape index (κ3) is 2.25. The van der Waals surface area contributed by atoms with Gasteiger partial charge in [0, 0.05) is 23.2 Å². The minimum atomic E-state index is 0.691. The van der Waals surface area contributed by atoms with Crippen molar-refractivity contribution in [1.29, 1.82) is 0 Å². The largest absolute Gasteiger partial charge is 0.399 e. The van der Waals surface area contributed by atoms with Gasteiger partial charge in [0.1, 0.15) is 0 Å².